The molecule has 0 radical (unpaired) electrons. The lowest BCUT2D eigenvalue weighted by atomic mass is 10.0. The Morgan fingerprint density at radius 2 is 2.14 bits per heavy atom. The van der Waals surface area contributed by atoms with E-state index >= 15 is 0 Å². The highest BCUT2D eigenvalue weighted by Crippen LogP contribution is 2.30. The van der Waals surface area contributed by atoms with Crippen LogP contribution >= 0.6 is 11.3 Å². The third kappa shape index (κ3) is 2.41. The molecule has 106 valence electrons. The van der Waals surface area contributed by atoms with Gasteiger partial charge in [0, 0.05) is 18.9 Å². The second-order valence-corrected chi connectivity index (χ2v) is 6.47. The minimum atomic E-state index is -0.0172. The van der Waals surface area contributed by atoms with Gasteiger partial charge in [-0.3, -0.25) is 0 Å². The largest absolute Gasteiger partial charge is 0.493 e. The van der Waals surface area contributed by atoms with E-state index in [-0.39, 0.29) is 6.04 Å². The summed E-state index contributed by atoms with van der Waals surface area (Å²) in [7, 11) is 0. The van der Waals surface area contributed by atoms with Gasteiger partial charge in [0.25, 0.3) is 0 Å². The van der Waals surface area contributed by atoms with Crippen LogP contribution in [-0.2, 0) is 12.8 Å². The van der Waals surface area contributed by atoms with Crippen molar-refractivity contribution in [3.05, 3.63) is 58.6 Å². The highest BCUT2D eigenvalue weighted by molar-refractivity contribution is 7.18. The minimum absolute atomic E-state index is 0.0172. The maximum Gasteiger partial charge on any atom is 0.122 e. The number of rotatable bonds is 3. The molecular formula is C17H16N2OS. The van der Waals surface area contributed by atoms with Crippen molar-refractivity contribution in [3.8, 4) is 5.75 Å². The number of benzene rings is 2. The lowest BCUT2D eigenvalue weighted by molar-refractivity contribution is 0.357. The van der Waals surface area contributed by atoms with Gasteiger partial charge in [0.2, 0.25) is 0 Å². The molecule has 0 aliphatic carbocycles. The molecule has 21 heavy (non-hydrogen) atoms. The summed E-state index contributed by atoms with van der Waals surface area (Å²) in [6.45, 7) is 0.784. The highest BCUT2D eigenvalue weighted by Gasteiger charge is 2.16. The number of hydrogen-bond acceptors (Lipinski definition) is 4. The smallest absolute Gasteiger partial charge is 0.122 e. The molecule has 2 aromatic carbocycles. The van der Waals surface area contributed by atoms with Gasteiger partial charge in [0.05, 0.1) is 21.8 Å². The van der Waals surface area contributed by atoms with Gasteiger partial charge < -0.3 is 10.5 Å². The average molecular weight is 296 g/mol. The third-order valence-electron chi connectivity index (χ3n) is 3.87. The van der Waals surface area contributed by atoms with Crippen LogP contribution in [0.25, 0.3) is 10.2 Å². The van der Waals surface area contributed by atoms with Gasteiger partial charge in [-0.05, 0) is 29.3 Å². The summed E-state index contributed by atoms with van der Waals surface area (Å²) in [4.78, 5) is 4.66. The summed E-state index contributed by atoms with van der Waals surface area (Å²) in [5.41, 5.74) is 9.87. The zero-order chi connectivity index (χ0) is 14.2. The number of nitrogens with zero attached hydrogens (tertiary/aromatic N) is 1. The third-order valence-corrected chi connectivity index (χ3v) is 4.93. The maximum atomic E-state index is 6.37. The predicted molar refractivity (Wildman–Crippen MR) is 85.9 cm³/mol. The summed E-state index contributed by atoms with van der Waals surface area (Å²) < 4.78 is 6.76. The first-order valence-corrected chi connectivity index (χ1v) is 7.97. The molecule has 1 atom stereocenters. The van der Waals surface area contributed by atoms with Gasteiger partial charge in [-0.2, -0.15) is 0 Å². The molecule has 0 saturated carbocycles. The Morgan fingerprint density at radius 3 is 3.05 bits per heavy atom. The Morgan fingerprint density at radius 1 is 1.24 bits per heavy atom. The van der Waals surface area contributed by atoms with Crippen molar-refractivity contribution in [2.75, 3.05) is 6.61 Å². The summed E-state index contributed by atoms with van der Waals surface area (Å²) in [5.74, 6) is 1.01. The van der Waals surface area contributed by atoms with Crippen LogP contribution in [0.15, 0.2) is 42.5 Å². The zero-order valence-electron chi connectivity index (χ0n) is 11.6. The molecule has 3 aromatic rings. The number of para-hydroxylation sites is 1. The molecule has 2 heterocycles. The van der Waals surface area contributed by atoms with E-state index in [1.54, 1.807) is 11.3 Å². The SMILES string of the molecule is NC(Cc1nc2ccccc2s1)c1ccc2c(c1)CCO2. The molecule has 2 N–H and O–H groups in total. The molecule has 0 saturated heterocycles. The number of hydrogen-bond donors (Lipinski definition) is 1. The first-order chi connectivity index (χ1) is 10.3. The van der Waals surface area contributed by atoms with Crippen LogP contribution in [-0.4, -0.2) is 11.6 Å². The number of ether oxygens (including phenoxy) is 1. The van der Waals surface area contributed by atoms with Gasteiger partial charge in [0.15, 0.2) is 0 Å². The Kier molecular flexibility index (Phi) is 3.13. The topological polar surface area (TPSA) is 48.1 Å². The summed E-state index contributed by atoms with van der Waals surface area (Å²) in [6, 6.07) is 14.5. The van der Waals surface area contributed by atoms with Crippen LogP contribution in [0.3, 0.4) is 0 Å². The van der Waals surface area contributed by atoms with Crippen molar-refractivity contribution in [1.82, 2.24) is 4.98 Å². The summed E-state index contributed by atoms with van der Waals surface area (Å²) in [6.07, 6.45) is 1.76. The van der Waals surface area contributed by atoms with E-state index in [1.807, 2.05) is 24.3 Å². The molecule has 3 nitrogen and oxygen atoms in total. The van der Waals surface area contributed by atoms with Crippen molar-refractivity contribution in [2.24, 2.45) is 5.73 Å². The quantitative estimate of drug-likeness (QED) is 0.805. The van der Waals surface area contributed by atoms with E-state index < -0.39 is 0 Å². The molecule has 1 aromatic heterocycles. The van der Waals surface area contributed by atoms with Crippen molar-refractivity contribution >= 4 is 21.6 Å². The first kappa shape index (κ1) is 12.8. The fourth-order valence-electron chi connectivity index (χ4n) is 2.75. The second-order valence-electron chi connectivity index (χ2n) is 5.35. The summed E-state index contributed by atoms with van der Waals surface area (Å²) >= 11 is 1.73. The van der Waals surface area contributed by atoms with Gasteiger partial charge in [0.1, 0.15) is 5.75 Å². The lowest BCUT2D eigenvalue weighted by Gasteiger charge is -2.11. The maximum absolute atomic E-state index is 6.37. The molecule has 1 aliphatic rings. The molecular weight excluding hydrogens is 280 g/mol. The fourth-order valence-corrected chi connectivity index (χ4v) is 3.78. The molecule has 0 amide bonds. The monoisotopic (exact) mass is 296 g/mol. The first-order valence-electron chi connectivity index (χ1n) is 7.15. The van der Waals surface area contributed by atoms with Crippen molar-refractivity contribution < 1.29 is 4.74 Å². The van der Waals surface area contributed by atoms with Crippen LogP contribution < -0.4 is 10.5 Å². The Bertz CT molecular complexity index is 763. The molecule has 1 aliphatic heterocycles. The van der Waals surface area contributed by atoms with Crippen LogP contribution in [0.4, 0.5) is 0 Å². The summed E-state index contributed by atoms with van der Waals surface area (Å²) in [5, 5.41) is 1.10. The highest BCUT2D eigenvalue weighted by atomic mass is 32.1. The van der Waals surface area contributed by atoms with Gasteiger partial charge in [-0.15, -0.1) is 11.3 Å². The molecule has 4 heteroatoms. The molecule has 4 rings (SSSR count). The fraction of sp³-hybridized carbons (Fsp3) is 0.235. The van der Waals surface area contributed by atoms with E-state index in [9.17, 15) is 0 Å². The van der Waals surface area contributed by atoms with E-state index in [0.29, 0.717) is 0 Å². The van der Waals surface area contributed by atoms with Crippen molar-refractivity contribution in [2.45, 2.75) is 18.9 Å². The zero-order valence-corrected chi connectivity index (χ0v) is 12.4. The number of fused-ring (bicyclic) bond motifs is 2. The lowest BCUT2D eigenvalue weighted by Crippen LogP contribution is -2.13. The number of nitrogens with two attached hydrogens (primary N) is 1. The van der Waals surface area contributed by atoms with E-state index in [1.165, 1.54) is 15.8 Å². The number of thiazole rings is 1. The van der Waals surface area contributed by atoms with E-state index in [0.717, 1.165) is 35.7 Å². The Balaban J connectivity index is 1.58. The number of aromatic nitrogens is 1. The van der Waals surface area contributed by atoms with Crippen LogP contribution in [0.1, 0.15) is 22.2 Å². The van der Waals surface area contributed by atoms with Crippen LogP contribution in [0.5, 0.6) is 5.75 Å². The van der Waals surface area contributed by atoms with Crippen LogP contribution in [0.2, 0.25) is 0 Å². The normalized spacial score (nSPS) is 14.9. The van der Waals surface area contributed by atoms with Gasteiger partial charge in [-0.25, -0.2) is 4.98 Å². The molecule has 0 spiro atoms. The van der Waals surface area contributed by atoms with Crippen molar-refractivity contribution in [3.63, 3.8) is 0 Å². The average Bonchev–Trinajstić information content (AvgIpc) is 3.11. The Labute approximate surface area is 127 Å². The minimum Gasteiger partial charge on any atom is -0.493 e. The van der Waals surface area contributed by atoms with Crippen LogP contribution in [0, 0.1) is 0 Å². The van der Waals surface area contributed by atoms with Crippen molar-refractivity contribution in [1.29, 1.82) is 0 Å². The van der Waals surface area contributed by atoms with Gasteiger partial charge in [-0.1, -0.05) is 24.3 Å². The standard InChI is InChI=1S/C17H16N2OS/c18-13(11-5-6-15-12(9-11)7-8-20-15)10-17-19-14-3-1-2-4-16(14)21-17/h1-6,9,13H,7-8,10,18H2. The molecule has 1 unspecified atom stereocenters. The van der Waals surface area contributed by atoms with Gasteiger partial charge >= 0.3 is 0 Å². The molecule has 0 fully saturated rings. The van der Waals surface area contributed by atoms with E-state index in [4.69, 9.17) is 10.5 Å². The predicted octanol–water partition coefficient (Wildman–Crippen LogP) is 3.47. The Hall–Kier alpha value is -1.91. The second kappa shape index (κ2) is 5.13. The molecule has 0 bridgehead atoms. The van der Waals surface area contributed by atoms with E-state index in [2.05, 4.69) is 23.2 Å².